The lowest BCUT2D eigenvalue weighted by molar-refractivity contribution is 0.504. The summed E-state index contributed by atoms with van der Waals surface area (Å²) in [6, 6.07) is 4.92. The van der Waals surface area contributed by atoms with Crippen molar-refractivity contribution in [2.75, 3.05) is 12.8 Å². The van der Waals surface area contributed by atoms with Gasteiger partial charge in [-0.3, -0.25) is 0 Å². The highest BCUT2D eigenvalue weighted by Crippen LogP contribution is 2.18. The van der Waals surface area contributed by atoms with E-state index in [9.17, 15) is 4.39 Å². The molecular weight excluding hydrogens is 490 g/mol. The minimum absolute atomic E-state index is 0. The van der Waals surface area contributed by atoms with E-state index in [1.165, 1.54) is 18.9 Å². The molecule has 0 fully saturated rings. The van der Waals surface area contributed by atoms with Crippen molar-refractivity contribution in [3.05, 3.63) is 46.8 Å². The van der Waals surface area contributed by atoms with Crippen molar-refractivity contribution in [1.29, 1.82) is 0 Å². The topological polar surface area (TPSA) is 67.1 Å². The standard InChI is InChI=1S/C19H27FN6S.HI/c1-3-21-19(22-11-14-7-8-16(20)10-15(14)13-27-2)23-12-18-25-24-17-6-4-5-9-26(17)18;/h7-8,10H,3-6,9,11-13H2,1-2H3,(H2,21,22,23);1H. The van der Waals surface area contributed by atoms with E-state index in [-0.39, 0.29) is 29.8 Å². The molecule has 0 unspecified atom stereocenters. The Morgan fingerprint density at radius 1 is 1.25 bits per heavy atom. The number of nitrogens with zero attached hydrogens (tertiary/aromatic N) is 4. The molecule has 0 saturated heterocycles. The Kier molecular flexibility index (Phi) is 9.49. The fraction of sp³-hybridized carbons (Fsp3) is 0.526. The molecule has 154 valence electrons. The lowest BCUT2D eigenvalue weighted by Crippen LogP contribution is -2.37. The first-order chi connectivity index (χ1) is 13.2. The van der Waals surface area contributed by atoms with Gasteiger partial charge in [0.1, 0.15) is 11.6 Å². The Morgan fingerprint density at radius 2 is 2.11 bits per heavy atom. The number of aliphatic imine (C=N–C) groups is 1. The maximum Gasteiger partial charge on any atom is 0.191 e. The van der Waals surface area contributed by atoms with Crippen LogP contribution in [-0.4, -0.2) is 33.5 Å². The predicted octanol–water partition coefficient (Wildman–Crippen LogP) is 3.49. The van der Waals surface area contributed by atoms with E-state index in [0.29, 0.717) is 13.1 Å². The highest BCUT2D eigenvalue weighted by molar-refractivity contribution is 14.0. The Balaban J connectivity index is 0.00000280. The minimum Gasteiger partial charge on any atom is -0.357 e. The molecule has 6 nitrogen and oxygen atoms in total. The van der Waals surface area contributed by atoms with Crippen molar-refractivity contribution in [3.8, 4) is 0 Å². The highest BCUT2D eigenvalue weighted by Gasteiger charge is 2.15. The molecule has 9 heteroatoms. The van der Waals surface area contributed by atoms with Crippen molar-refractivity contribution in [2.24, 2.45) is 4.99 Å². The van der Waals surface area contributed by atoms with Gasteiger partial charge in [0, 0.05) is 25.3 Å². The molecule has 1 aliphatic rings. The van der Waals surface area contributed by atoms with Crippen LogP contribution in [-0.2, 0) is 31.8 Å². The maximum absolute atomic E-state index is 13.5. The third-order valence-electron chi connectivity index (χ3n) is 4.57. The zero-order chi connectivity index (χ0) is 19.1. The minimum atomic E-state index is -0.201. The Labute approximate surface area is 187 Å². The molecular formula is C19H28FIN6S. The summed E-state index contributed by atoms with van der Waals surface area (Å²) < 4.78 is 15.7. The van der Waals surface area contributed by atoms with Gasteiger partial charge < -0.3 is 15.2 Å². The summed E-state index contributed by atoms with van der Waals surface area (Å²) >= 11 is 1.68. The van der Waals surface area contributed by atoms with Gasteiger partial charge in [-0.2, -0.15) is 11.8 Å². The largest absolute Gasteiger partial charge is 0.357 e. The lowest BCUT2D eigenvalue weighted by atomic mass is 10.1. The van der Waals surface area contributed by atoms with Crippen LogP contribution in [0, 0.1) is 5.82 Å². The molecule has 1 aliphatic heterocycles. The fourth-order valence-corrected chi connectivity index (χ4v) is 3.79. The number of thioether (sulfide) groups is 1. The second-order valence-corrected chi connectivity index (χ2v) is 7.40. The molecule has 2 heterocycles. The number of nitrogens with one attached hydrogen (secondary N) is 2. The van der Waals surface area contributed by atoms with E-state index in [0.717, 1.165) is 54.0 Å². The summed E-state index contributed by atoms with van der Waals surface area (Å²) in [6.45, 7) is 4.88. The molecule has 0 spiro atoms. The molecule has 28 heavy (non-hydrogen) atoms. The third-order valence-corrected chi connectivity index (χ3v) is 5.17. The zero-order valence-electron chi connectivity index (χ0n) is 16.4. The van der Waals surface area contributed by atoms with Crippen LogP contribution >= 0.6 is 35.7 Å². The van der Waals surface area contributed by atoms with Gasteiger partial charge in [-0.15, -0.1) is 34.2 Å². The molecule has 0 saturated carbocycles. The van der Waals surface area contributed by atoms with Crippen LogP contribution in [0.3, 0.4) is 0 Å². The van der Waals surface area contributed by atoms with E-state index in [1.54, 1.807) is 17.8 Å². The summed E-state index contributed by atoms with van der Waals surface area (Å²) in [6.07, 6.45) is 5.38. The Morgan fingerprint density at radius 3 is 2.89 bits per heavy atom. The first-order valence-electron chi connectivity index (χ1n) is 9.40. The maximum atomic E-state index is 13.5. The van der Waals surface area contributed by atoms with E-state index >= 15 is 0 Å². The number of benzene rings is 1. The van der Waals surface area contributed by atoms with E-state index < -0.39 is 0 Å². The van der Waals surface area contributed by atoms with Crippen molar-refractivity contribution < 1.29 is 4.39 Å². The van der Waals surface area contributed by atoms with Gasteiger partial charge in [-0.1, -0.05) is 6.07 Å². The molecule has 1 aromatic carbocycles. The second-order valence-electron chi connectivity index (χ2n) is 6.54. The summed E-state index contributed by atoms with van der Waals surface area (Å²) in [5.41, 5.74) is 2.04. The average Bonchev–Trinajstić information content (AvgIpc) is 3.09. The first-order valence-corrected chi connectivity index (χ1v) is 10.8. The molecule has 2 aromatic rings. The first kappa shape index (κ1) is 22.9. The molecule has 2 N–H and O–H groups in total. The zero-order valence-corrected chi connectivity index (χ0v) is 19.5. The van der Waals surface area contributed by atoms with Crippen molar-refractivity contribution in [2.45, 2.75) is 51.6 Å². The predicted molar refractivity (Wildman–Crippen MR) is 124 cm³/mol. The number of aryl methyl sites for hydroxylation is 1. The van der Waals surface area contributed by atoms with Crippen LogP contribution < -0.4 is 10.6 Å². The van der Waals surface area contributed by atoms with Crippen molar-refractivity contribution in [1.82, 2.24) is 25.4 Å². The Bertz CT molecular complexity index is 795. The van der Waals surface area contributed by atoms with Crippen LogP contribution in [0.1, 0.15) is 42.5 Å². The summed E-state index contributed by atoms with van der Waals surface area (Å²) in [7, 11) is 0. The van der Waals surface area contributed by atoms with Gasteiger partial charge in [-0.05, 0) is 49.3 Å². The van der Waals surface area contributed by atoms with Crippen LogP contribution in [0.25, 0.3) is 0 Å². The average molecular weight is 518 g/mol. The number of hydrogen-bond acceptors (Lipinski definition) is 4. The number of fused-ring (bicyclic) bond motifs is 1. The van der Waals surface area contributed by atoms with E-state index in [4.69, 9.17) is 0 Å². The van der Waals surface area contributed by atoms with E-state index in [2.05, 4.69) is 30.4 Å². The number of guanidine groups is 1. The number of halogens is 2. The summed E-state index contributed by atoms with van der Waals surface area (Å²) in [4.78, 5) is 4.67. The molecule has 0 radical (unpaired) electrons. The van der Waals surface area contributed by atoms with Gasteiger partial charge in [0.25, 0.3) is 0 Å². The molecule has 0 amide bonds. The van der Waals surface area contributed by atoms with E-state index in [1.807, 2.05) is 19.2 Å². The molecule has 0 aliphatic carbocycles. The highest BCUT2D eigenvalue weighted by atomic mass is 127. The van der Waals surface area contributed by atoms with Crippen molar-refractivity contribution >= 4 is 41.7 Å². The van der Waals surface area contributed by atoms with Gasteiger partial charge >= 0.3 is 0 Å². The summed E-state index contributed by atoms with van der Waals surface area (Å²) in [5.74, 6) is 3.32. The second kappa shape index (κ2) is 11.6. The molecule has 0 bridgehead atoms. The Hall–Kier alpha value is -1.36. The van der Waals surface area contributed by atoms with Crippen LogP contribution in [0.4, 0.5) is 4.39 Å². The fourth-order valence-electron chi connectivity index (χ4n) is 3.21. The van der Waals surface area contributed by atoms with Crippen LogP contribution in [0.2, 0.25) is 0 Å². The molecule has 3 rings (SSSR count). The molecule has 0 atom stereocenters. The number of aromatic nitrogens is 3. The SMILES string of the molecule is CCNC(=NCc1ccc(F)cc1CSC)NCc1nnc2n1CCCC2.I. The van der Waals surface area contributed by atoms with Crippen molar-refractivity contribution in [3.63, 3.8) is 0 Å². The van der Waals surface area contributed by atoms with Crippen LogP contribution in [0.15, 0.2) is 23.2 Å². The third kappa shape index (κ3) is 6.07. The summed E-state index contributed by atoms with van der Waals surface area (Å²) in [5, 5.41) is 15.2. The number of hydrogen-bond donors (Lipinski definition) is 2. The van der Waals surface area contributed by atoms with Gasteiger partial charge in [-0.25, -0.2) is 9.38 Å². The molecule has 1 aromatic heterocycles. The smallest absolute Gasteiger partial charge is 0.191 e. The lowest BCUT2D eigenvalue weighted by Gasteiger charge is -2.16. The number of rotatable bonds is 7. The van der Waals surface area contributed by atoms with Gasteiger partial charge in [0.15, 0.2) is 11.8 Å². The van der Waals surface area contributed by atoms with Gasteiger partial charge in [0.2, 0.25) is 0 Å². The monoisotopic (exact) mass is 518 g/mol. The normalized spacial score (nSPS) is 13.6. The van der Waals surface area contributed by atoms with Crippen LogP contribution in [0.5, 0.6) is 0 Å². The quantitative estimate of drug-likeness (QED) is 0.334. The van der Waals surface area contributed by atoms with Gasteiger partial charge in [0.05, 0.1) is 13.1 Å².